The fourth-order valence-electron chi connectivity index (χ4n) is 5.23. The van der Waals surface area contributed by atoms with Crippen LogP contribution in [0, 0.1) is 0 Å². The van der Waals surface area contributed by atoms with Crippen molar-refractivity contribution in [3.63, 3.8) is 0 Å². The van der Waals surface area contributed by atoms with Crippen LogP contribution < -0.4 is 4.74 Å². The molecule has 1 aromatic carbocycles. The summed E-state index contributed by atoms with van der Waals surface area (Å²) in [4.78, 5) is 33.7. The predicted octanol–water partition coefficient (Wildman–Crippen LogP) is 3.53. The molecule has 0 spiro atoms. The average molecular weight is 426 g/mol. The van der Waals surface area contributed by atoms with E-state index in [0.29, 0.717) is 17.0 Å². The number of para-hydroxylation sites is 1. The summed E-state index contributed by atoms with van der Waals surface area (Å²) in [5, 5.41) is 0. The monoisotopic (exact) mass is 425 g/mol. The van der Waals surface area contributed by atoms with E-state index in [2.05, 4.69) is 16.7 Å². The van der Waals surface area contributed by atoms with Gasteiger partial charge in [0.1, 0.15) is 11.4 Å². The highest BCUT2D eigenvalue weighted by molar-refractivity contribution is 6.36. The van der Waals surface area contributed by atoms with Crippen molar-refractivity contribution in [1.29, 1.82) is 0 Å². The molecule has 0 N–H and O–H groups in total. The van der Waals surface area contributed by atoms with Gasteiger partial charge in [0.25, 0.3) is 11.8 Å². The van der Waals surface area contributed by atoms with Gasteiger partial charge in [-0.05, 0) is 25.5 Å². The highest BCUT2D eigenvalue weighted by Crippen LogP contribution is 2.39. The van der Waals surface area contributed by atoms with Crippen LogP contribution in [-0.2, 0) is 9.59 Å². The highest BCUT2D eigenvalue weighted by atomic mass is 16.5. The number of nitrogens with zero attached hydrogens (tertiary/aromatic N) is 3. The number of imide groups is 1. The first-order chi connectivity index (χ1) is 15.2. The first-order valence-electron chi connectivity index (χ1n) is 11.9. The number of likely N-dealkylation sites (N-methyl/N-ethyl adjacent to an activating group) is 1. The fourth-order valence-corrected chi connectivity index (χ4v) is 5.23. The molecule has 6 heteroatoms. The maximum absolute atomic E-state index is 13.8. The number of methoxy groups -OCH3 is 1. The van der Waals surface area contributed by atoms with Crippen LogP contribution in [0.3, 0.4) is 0 Å². The summed E-state index contributed by atoms with van der Waals surface area (Å²) < 4.78 is 5.59. The van der Waals surface area contributed by atoms with Crippen LogP contribution >= 0.6 is 0 Å². The maximum atomic E-state index is 13.8. The zero-order valence-electron chi connectivity index (χ0n) is 18.9. The molecular formula is C25H35N3O3. The number of benzene rings is 1. The standard InChI is InChI=1S/C25H35N3O3/c1-3-26-15-17-27(18-16-26)23-22(20-13-9-10-14-21(20)31-2)24(29)28(25(23)30)19-11-7-5-4-6-8-12-19/h9-10,13-14,19H,3-8,11-12,15-18H2,1-2H3. The Labute approximate surface area is 185 Å². The van der Waals surface area contributed by atoms with Crippen LogP contribution in [0.2, 0.25) is 0 Å². The molecule has 1 saturated heterocycles. The van der Waals surface area contributed by atoms with Gasteiger partial charge >= 0.3 is 0 Å². The minimum absolute atomic E-state index is 0.000520. The molecule has 6 nitrogen and oxygen atoms in total. The summed E-state index contributed by atoms with van der Waals surface area (Å²) in [6, 6.07) is 7.58. The van der Waals surface area contributed by atoms with E-state index in [-0.39, 0.29) is 17.9 Å². The van der Waals surface area contributed by atoms with Gasteiger partial charge in [0.05, 0.1) is 12.7 Å². The molecule has 31 heavy (non-hydrogen) atoms. The van der Waals surface area contributed by atoms with Gasteiger partial charge in [-0.3, -0.25) is 14.5 Å². The Morgan fingerprint density at radius 1 is 0.903 bits per heavy atom. The van der Waals surface area contributed by atoms with Crippen LogP contribution in [0.1, 0.15) is 57.4 Å². The van der Waals surface area contributed by atoms with Gasteiger partial charge in [-0.25, -0.2) is 0 Å². The summed E-state index contributed by atoms with van der Waals surface area (Å²) in [5.41, 5.74) is 1.83. The lowest BCUT2D eigenvalue weighted by molar-refractivity contribution is -0.140. The summed E-state index contributed by atoms with van der Waals surface area (Å²) in [6.07, 6.45) is 7.61. The third kappa shape index (κ3) is 4.36. The zero-order valence-corrected chi connectivity index (χ0v) is 18.9. The highest BCUT2D eigenvalue weighted by Gasteiger charge is 2.45. The topological polar surface area (TPSA) is 53.1 Å². The Kier molecular flexibility index (Phi) is 6.96. The first-order valence-corrected chi connectivity index (χ1v) is 11.9. The number of ether oxygens (including phenoxy) is 1. The van der Waals surface area contributed by atoms with Gasteiger partial charge in [0, 0.05) is 37.8 Å². The van der Waals surface area contributed by atoms with Crippen molar-refractivity contribution in [2.24, 2.45) is 0 Å². The van der Waals surface area contributed by atoms with E-state index in [0.717, 1.165) is 64.0 Å². The van der Waals surface area contributed by atoms with Crippen LogP contribution in [0.4, 0.5) is 0 Å². The second-order valence-corrected chi connectivity index (χ2v) is 8.82. The van der Waals surface area contributed by atoms with E-state index in [9.17, 15) is 9.59 Å². The molecule has 1 saturated carbocycles. The molecule has 2 fully saturated rings. The van der Waals surface area contributed by atoms with Gasteiger partial charge < -0.3 is 14.5 Å². The van der Waals surface area contributed by atoms with Gasteiger partial charge in [-0.1, -0.05) is 57.2 Å². The Bertz CT molecular complexity index is 834. The Balaban J connectivity index is 1.72. The molecule has 4 rings (SSSR count). The third-order valence-electron chi connectivity index (χ3n) is 7.04. The molecule has 2 amide bonds. The summed E-state index contributed by atoms with van der Waals surface area (Å²) in [7, 11) is 1.62. The van der Waals surface area contributed by atoms with E-state index in [1.807, 2.05) is 24.3 Å². The minimum atomic E-state index is -0.145. The molecule has 3 aliphatic rings. The number of carbonyl (C=O) groups is 2. The summed E-state index contributed by atoms with van der Waals surface area (Å²) in [6.45, 7) is 6.51. The van der Waals surface area contributed by atoms with E-state index in [1.54, 1.807) is 12.0 Å². The largest absolute Gasteiger partial charge is 0.496 e. The van der Waals surface area contributed by atoms with E-state index < -0.39 is 0 Å². The van der Waals surface area contributed by atoms with Gasteiger partial charge in [0.15, 0.2) is 0 Å². The van der Waals surface area contributed by atoms with E-state index in [1.165, 1.54) is 19.3 Å². The molecule has 1 aliphatic carbocycles. The molecule has 1 aromatic rings. The Hall–Kier alpha value is -2.34. The van der Waals surface area contributed by atoms with Crippen LogP contribution in [-0.4, -0.2) is 72.4 Å². The van der Waals surface area contributed by atoms with Crippen molar-refractivity contribution in [2.75, 3.05) is 39.8 Å². The van der Waals surface area contributed by atoms with Crippen molar-refractivity contribution in [3.8, 4) is 5.75 Å². The lowest BCUT2D eigenvalue weighted by Crippen LogP contribution is -2.48. The molecule has 0 aromatic heterocycles. The smallest absolute Gasteiger partial charge is 0.278 e. The van der Waals surface area contributed by atoms with Crippen molar-refractivity contribution in [1.82, 2.24) is 14.7 Å². The van der Waals surface area contributed by atoms with Crippen LogP contribution in [0.15, 0.2) is 30.0 Å². The number of hydrogen-bond acceptors (Lipinski definition) is 5. The summed E-state index contributed by atoms with van der Waals surface area (Å²) >= 11 is 0. The molecule has 0 radical (unpaired) electrons. The summed E-state index contributed by atoms with van der Waals surface area (Å²) in [5.74, 6) is 0.386. The normalized spacial score (nSPS) is 22.1. The van der Waals surface area contributed by atoms with Gasteiger partial charge in [-0.2, -0.15) is 0 Å². The lowest BCUT2D eigenvalue weighted by atomic mass is 9.95. The van der Waals surface area contributed by atoms with Crippen LogP contribution in [0.25, 0.3) is 5.57 Å². The van der Waals surface area contributed by atoms with Gasteiger partial charge in [-0.15, -0.1) is 0 Å². The van der Waals surface area contributed by atoms with E-state index >= 15 is 0 Å². The van der Waals surface area contributed by atoms with Crippen molar-refractivity contribution in [2.45, 2.75) is 57.9 Å². The third-order valence-corrected chi connectivity index (χ3v) is 7.04. The molecule has 2 heterocycles. The van der Waals surface area contributed by atoms with Gasteiger partial charge in [0.2, 0.25) is 0 Å². The van der Waals surface area contributed by atoms with Crippen molar-refractivity contribution in [3.05, 3.63) is 35.5 Å². The molecule has 2 aliphatic heterocycles. The first kappa shape index (κ1) is 21.9. The second-order valence-electron chi connectivity index (χ2n) is 8.82. The average Bonchev–Trinajstić information content (AvgIpc) is 3.04. The van der Waals surface area contributed by atoms with Crippen molar-refractivity contribution < 1.29 is 14.3 Å². The predicted molar refractivity (Wildman–Crippen MR) is 122 cm³/mol. The van der Waals surface area contributed by atoms with Crippen LogP contribution in [0.5, 0.6) is 5.75 Å². The molecule has 0 bridgehead atoms. The number of hydrogen-bond donors (Lipinski definition) is 0. The Morgan fingerprint density at radius 3 is 2.19 bits per heavy atom. The lowest BCUT2D eigenvalue weighted by Gasteiger charge is -2.36. The second kappa shape index (κ2) is 9.86. The van der Waals surface area contributed by atoms with E-state index in [4.69, 9.17) is 4.74 Å². The molecular weight excluding hydrogens is 390 g/mol. The number of carbonyl (C=O) groups excluding carboxylic acids is 2. The quantitative estimate of drug-likeness (QED) is 0.676. The number of piperazine rings is 1. The molecule has 0 atom stereocenters. The Morgan fingerprint density at radius 2 is 1.55 bits per heavy atom. The SMILES string of the molecule is CCN1CCN(C2=C(c3ccccc3OC)C(=O)N(C3CCCCCCC3)C2=O)CC1. The molecule has 0 unspecified atom stereocenters. The minimum Gasteiger partial charge on any atom is -0.496 e. The zero-order chi connectivity index (χ0) is 21.8. The molecule has 168 valence electrons. The maximum Gasteiger partial charge on any atom is 0.278 e. The number of amides is 2. The fraction of sp³-hybridized carbons (Fsp3) is 0.600. The number of rotatable bonds is 5. The van der Waals surface area contributed by atoms with Crippen molar-refractivity contribution >= 4 is 17.4 Å².